The molecule has 1 rings (SSSR count). The van der Waals surface area contributed by atoms with Gasteiger partial charge in [0.2, 0.25) is 0 Å². The Kier molecular flexibility index (Phi) is 3.68. The fourth-order valence-electron chi connectivity index (χ4n) is 1.52. The molecule has 1 aromatic rings. The van der Waals surface area contributed by atoms with Gasteiger partial charge in [-0.3, -0.25) is 4.68 Å². The van der Waals surface area contributed by atoms with Crippen LogP contribution in [-0.2, 0) is 12.2 Å². The summed E-state index contributed by atoms with van der Waals surface area (Å²) < 4.78 is 20.8. The van der Waals surface area contributed by atoms with Crippen LogP contribution in [0.15, 0.2) is 6.20 Å². The van der Waals surface area contributed by atoms with Gasteiger partial charge in [0, 0.05) is 13.1 Å². The smallest absolute Gasteiger partial charge is 0.165 e. The summed E-state index contributed by atoms with van der Waals surface area (Å²) in [6.45, 7) is 4.03. The van der Waals surface area contributed by atoms with Crippen LogP contribution in [0.25, 0.3) is 0 Å². The molecule has 0 aliphatic carbocycles. The van der Waals surface area contributed by atoms with Crippen molar-refractivity contribution in [2.24, 2.45) is 5.73 Å². The second kappa shape index (κ2) is 4.61. The van der Waals surface area contributed by atoms with E-state index in [0.717, 1.165) is 6.42 Å². The van der Waals surface area contributed by atoms with Crippen molar-refractivity contribution >= 4 is 0 Å². The Balaban J connectivity index is 3.15. The van der Waals surface area contributed by atoms with Crippen LogP contribution in [0.3, 0.4) is 0 Å². The van der Waals surface area contributed by atoms with Gasteiger partial charge >= 0.3 is 0 Å². The van der Waals surface area contributed by atoms with E-state index in [1.165, 1.54) is 20.2 Å². The SMILES string of the molecule is CCCn1ncc(OC)c1C(C)(F)CN. The predicted molar refractivity (Wildman–Crippen MR) is 56.6 cm³/mol. The lowest BCUT2D eigenvalue weighted by Gasteiger charge is -2.20. The molecule has 0 saturated heterocycles. The van der Waals surface area contributed by atoms with Crippen LogP contribution in [0.5, 0.6) is 5.75 Å². The standard InChI is InChI=1S/C10H18FN3O/c1-4-5-14-9(10(2,11)7-12)8(15-3)6-13-14/h6H,4-5,7,12H2,1-3H3. The first kappa shape index (κ1) is 12.0. The maximum atomic E-state index is 14.2. The van der Waals surface area contributed by atoms with Crippen LogP contribution >= 0.6 is 0 Å². The van der Waals surface area contributed by atoms with Gasteiger partial charge in [0.15, 0.2) is 11.4 Å². The number of hydrogen-bond acceptors (Lipinski definition) is 3. The largest absolute Gasteiger partial charge is 0.493 e. The molecule has 1 heterocycles. The van der Waals surface area contributed by atoms with Gasteiger partial charge in [-0.15, -0.1) is 0 Å². The van der Waals surface area contributed by atoms with Crippen molar-refractivity contribution < 1.29 is 9.13 Å². The number of aromatic nitrogens is 2. The van der Waals surface area contributed by atoms with Crippen molar-refractivity contribution in [2.75, 3.05) is 13.7 Å². The molecule has 0 bridgehead atoms. The van der Waals surface area contributed by atoms with E-state index in [4.69, 9.17) is 10.5 Å². The number of nitrogens with zero attached hydrogens (tertiary/aromatic N) is 2. The van der Waals surface area contributed by atoms with Crippen molar-refractivity contribution in [1.82, 2.24) is 9.78 Å². The first-order valence-electron chi connectivity index (χ1n) is 5.06. The quantitative estimate of drug-likeness (QED) is 0.808. The van der Waals surface area contributed by atoms with Gasteiger partial charge < -0.3 is 10.5 Å². The Hall–Kier alpha value is -1.10. The third-order valence-electron chi connectivity index (χ3n) is 2.34. The van der Waals surface area contributed by atoms with Crippen LogP contribution < -0.4 is 10.5 Å². The minimum absolute atomic E-state index is 0.0846. The van der Waals surface area contributed by atoms with Gasteiger partial charge in [-0.1, -0.05) is 6.92 Å². The second-order valence-corrected chi connectivity index (χ2v) is 3.69. The number of aryl methyl sites for hydroxylation is 1. The number of methoxy groups -OCH3 is 1. The van der Waals surface area contributed by atoms with Gasteiger partial charge in [-0.05, 0) is 13.3 Å². The topological polar surface area (TPSA) is 53.1 Å². The summed E-state index contributed by atoms with van der Waals surface area (Å²) in [5.74, 6) is 0.457. The Bertz CT molecular complexity index is 322. The highest BCUT2D eigenvalue weighted by Crippen LogP contribution is 2.32. The highest BCUT2D eigenvalue weighted by Gasteiger charge is 2.32. The van der Waals surface area contributed by atoms with E-state index in [9.17, 15) is 4.39 Å². The van der Waals surface area contributed by atoms with E-state index in [1.54, 1.807) is 4.68 Å². The van der Waals surface area contributed by atoms with Crippen LogP contribution in [0.4, 0.5) is 4.39 Å². The molecule has 2 N–H and O–H groups in total. The highest BCUT2D eigenvalue weighted by molar-refractivity contribution is 5.30. The molecule has 1 unspecified atom stereocenters. The fourth-order valence-corrected chi connectivity index (χ4v) is 1.52. The zero-order chi connectivity index (χ0) is 11.5. The lowest BCUT2D eigenvalue weighted by Crippen LogP contribution is -2.30. The summed E-state index contributed by atoms with van der Waals surface area (Å²) in [6, 6.07) is 0. The Morgan fingerprint density at radius 2 is 2.33 bits per heavy atom. The minimum Gasteiger partial charge on any atom is -0.493 e. The lowest BCUT2D eigenvalue weighted by molar-refractivity contribution is 0.180. The molecular weight excluding hydrogens is 197 g/mol. The third-order valence-corrected chi connectivity index (χ3v) is 2.34. The summed E-state index contributed by atoms with van der Waals surface area (Å²) in [6.07, 6.45) is 2.41. The zero-order valence-corrected chi connectivity index (χ0v) is 9.46. The summed E-state index contributed by atoms with van der Waals surface area (Å²) in [4.78, 5) is 0. The van der Waals surface area contributed by atoms with Gasteiger partial charge in [-0.25, -0.2) is 4.39 Å². The van der Waals surface area contributed by atoms with Gasteiger partial charge in [-0.2, -0.15) is 5.10 Å². The molecule has 4 nitrogen and oxygen atoms in total. The molecule has 0 aliphatic rings. The van der Waals surface area contributed by atoms with Crippen LogP contribution in [0.2, 0.25) is 0 Å². The average molecular weight is 215 g/mol. The predicted octanol–water partition coefficient (Wildman–Crippen LogP) is 1.45. The molecule has 0 amide bonds. The molecule has 86 valence electrons. The summed E-state index contributed by atoms with van der Waals surface area (Å²) in [7, 11) is 1.50. The van der Waals surface area contributed by atoms with E-state index in [-0.39, 0.29) is 6.54 Å². The molecule has 1 aromatic heterocycles. The third kappa shape index (κ3) is 2.28. The average Bonchev–Trinajstić information content (AvgIpc) is 2.62. The van der Waals surface area contributed by atoms with Crippen molar-refractivity contribution in [3.8, 4) is 5.75 Å². The van der Waals surface area contributed by atoms with Crippen LogP contribution in [-0.4, -0.2) is 23.4 Å². The molecular formula is C10H18FN3O. The number of alkyl halides is 1. The Morgan fingerprint density at radius 3 is 2.80 bits per heavy atom. The first-order chi connectivity index (χ1) is 7.06. The number of hydrogen-bond donors (Lipinski definition) is 1. The molecule has 15 heavy (non-hydrogen) atoms. The number of halogens is 1. The summed E-state index contributed by atoms with van der Waals surface area (Å²) in [5.41, 5.74) is 4.24. The summed E-state index contributed by atoms with van der Waals surface area (Å²) in [5, 5.41) is 4.09. The molecule has 0 radical (unpaired) electrons. The maximum Gasteiger partial charge on any atom is 0.165 e. The highest BCUT2D eigenvalue weighted by atomic mass is 19.1. The van der Waals surface area contributed by atoms with Crippen molar-refractivity contribution in [1.29, 1.82) is 0 Å². The van der Waals surface area contributed by atoms with Gasteiger partial charge in [0.25, 0.3) is 0 Å². The summed E-state index contributed by atoms with van der Waals surface area (Å²) >= 11 is 0. The number of rotatable bonds is 5. The van der Waals surface area contributed by atoms with Gasteiger partial charge in [0.05, 0.1) is 13.3 Å². The van der Waals surface area contributed by atoms with E-state index in [1.807, 2.05) is 6.92 Å². The first-order valence-corrected chi connectivity index (χ1v) is 5.06. The second-order valence-electron chi connectivity index (χ2n) is 3.69. The molecule has 1 atom stereocenters. The van der Waals surface area contributed by atoms with Crippen molar-refractivity contribution in [3.05, 3.63) is 11.9 Å². The van der Waals surface area contributed by atoms with E-state index < -0.39 is 5.67 Å². The molecule has 5 heteroatoms. The van der Waals surface area contributed by atoms with E-state index in [0.29, 0.717) is 18.0 Å². The van der Waals surface area contributed by atoms with Crippen molar-refractivity contribution in [2.45, 2.75) is 32.5 Å². The van der Waals surface area contributed by atoms with Gasteiger partial charge in [0.1, 0.15) is 5.69 Å². The molecule has 0 saturated carbocycles. The van der Waals surface area contributed by atoms with Crippen LogP contribution in [0, 0.1) is 0 Å². The minimum atomic E-state index is -1.60. The molecule has 0 aliphatic heterocycles. The lowest BCUT2D eigenvalue weighted by atomic mass is 10.0. The van der Waals surface area contributed by atoms with E-state index >= 15 is 0 Å². The van der Waals surface area contributed by atoms with Crippen LogP contribution in [0.1, 0.15) is 26.0 Å². The van der Waals surface area contributed by atoms with E-state index in [2.05, 4.69) is 5.10 Å². The zero-order valence-electron chi connectivity index (χ0n) is 9.46. The number of nitrogens with two attached hydrogens (primary N) is 1. The normalized spacial score (nSPS) is 15.0. The molecule has 0 fully saturated rings. The maximum absolute atomic E-state index is 14.2. The monoisotopic (exact) mass is 215 g/mol. The Labute approximate surface area is 89.2 Å². The Morgan fingerprint density at radius 1 is 1.67 bits per heavy atom. The molecule has 0 aromatic carbocycles. The fraction of sp³-hybridized carbons (Fsp3) is 0.700. The van der Waals surface area contributed by atoms with Crippen molar-refractivity contribution in [3.63, 3.8) is 0 Å². The molecule has 0 spiro atoms. The number of ether oxygens (including phenoxy) is 1.